The summed E-state index contributed by atoms with van der Waals surface area (Å²) in [4.78, 5) is 10.5. The predicted octanol–water partition coefficient (Wildman–Crippen LogP) is 4.46. The Balaban J connectivity index is 3.71. The molecule has 0 radical (unpaired) electrons. The molecule has 0 heterocycles. The quantitative estimate of drug-likeness (QED) is 0.320. The van der Waals surface area contributed by atoms with Gasteiger partial charge in [-0.05, 0) is 24.8 Å². The number of hydrogen-bond acceptors (Lipinski definition) is 2. The third-order valence-corrected chi connectivity index (χ3v) is 2.42. The highest BCUT2D eigenvalue weighted by molar-refractivity contribution is 4.90. The fourth-order valence-electron chi connectivity index (χ4n) is 1.10. The van der Waals surface area contributed by atoms with Crippen molar-refractivity contribution in [3.63, 3.8) is 0 Å². The summed E-state index contributed by atoms with van der Waals surface area (Å²) in [7, 11) is 0. The van der Waals surface area contributed by atoms with Crippen LogP contribution in [0.5, 0.6) is 0 Å². The lowest BCUT2D eigenvalue weighted by atomic mass is 10.1. The molecule has 0 saturated carbocycles. The topological polar surface area (TPSA) is 18.5 Å². The Morgan fingerprint density at radius 1 is 1.27 bits per heavy atom. The standard InChI is InChI=1S/C13H26O2/c1-5-8-10-13(9-6-2)15-14-11-12(4)7-3/h9,12H,5-8,10-11H2,1-4H3/b13-9-. The third kappa shape index (κ3) is 8.49. The largest absolute Gasteiger partial charge is 0.342 e. The Bertz CT molecular complexity index is 164. The molecule has 0 aromatic rings. The molecule has 0 spiro atoms. The van der Waals surface area contributed by atoms with Gasteiger partial charge < -0.3 is 4.89 Å². The van der Waals surface area contributed by atoms with E-state index in [1.54, 1.807) is 0 Å². The van der Waals surface area contributed by atoms with Crippen molar-refractivity contribution >= 4 is 0 Å². The van der Waals surface area contributed by atoms with Crippen LogP contribution in [0, 0.1) is 5.92 Å². The molecule has 0 aliphatic heterocycles. The van der Waals surface area contributed by atoms with Gasteiger partial charge in [0.15, 0.2) is 0 Å². The van der Waals surface area contributed by atoms with Gasteiger partial charge in [0.1, 0.15) is 5.76 Å². The molecule has 0 rings (SSSR count). The minimum atomic E-state index is 0.569. The van der Waals surface area contributed by atoms with Gasteiger partial charge in [-0.1, -0.05) is 40.5 Å². The van der Waals surface area contributed by atoms with Gasteiger partial charge in [-0.15, -0.1) is 0 Å². The molecular formula is C13H26O2. The van der Waals surface area contributed by atoms with Crippen molar-refractivity contribution in [2.24, 2.45) is 5.92 Å². The first-order valence-electron chi connectivity index (χ1n) is 6.23. The molecule has 0 amide bonds. The second-order valence-electron chi connectivity index (χ2n) is 4.06. The van der Waals surface area contributed by atoms with Gasteiger partial charge in [-0.25, -0.2) is 0 Å². The van der Waals surface area contributed by atoms with Gasteiger partial charge in [-0.3, -0.25) is 0 Å². The molecule has 1 atom stereocenters. The predicted molar refractivity (Wildman–Crippen MR) is 64.4 cm³/mol. The highest BCUT2D eigenvalue weighted by atomic mass is 17.2. The maximum atomic E-state index is 5.32. The van der Waals surface area contributed by atoms with Crippen LogP contribution in [0.3, 0.4) is 0 Å². The van der Waals surface area contributed by atoms with E-state index in [1.165, 1.54) is 12.8 Å². The van der Waals surface area contributed by atoms with Crippen molar-refractivity contribution in [1.29, 1.82) is 0 Å². The molecule has 90 valence electrons. The normalized spacial score (nSPS) is 14.0. The van der Waals surface area contributed by atoms with E-state index in [-0.39, 0.29) is 0 Å². The second kappa shape index (κ2) is 10.0. The van der Waals surface area contributed by atoms with Crippen LogP contribution in [0.4, 0.5) is 0 Å². The van der Waals surface area contributed by atoms with E-state index >= 15 is 0 Å². The van der Waals surface area contributed by atoms with Crippen LogP contribution in [0.25, 0.3) is 0 Å². The zero-order valence-corrected chi connectivity index (χ0v) is 10.7. The summed E-state index contributed by atoms with van der Waals surface area (Å²) < 4.78 is 0. The Labute approximate surface area is 94.6 Å². The fourth-order valence-corrected chi connectivity index (χ4v) is 1.10. The lowest BCUT2D eigenvalue weighted by Crippen LogP contribution is -2.05. The second-order valence-corrected chi connectivity index (χ2v) is 4.06. The molecule has 0 N–H and O–H groups in total. The van der Waals surface area contributed by atoms with Gasteiger partial charge >= 0.3 is 0 Å². The lowest BCUT2D eigenvalue weighted by molar-refractivity contribution is -0.271. The maximum Gasteiger partial charge on any atom is 0.138 e. The summed E-state index contributed by atoms with van der Waals surface area (Å²) in [5.41, 5.74) is 0. The van der Waals surface area contributed by atoms with Gasteiger partial charge in [0, 0.05) is 6.42 Å². The highest BCUT2D eigenvalue weighted by Crippen LogP contribution is 2.11. The summed E-state index contributed by atoms with van der Waals surface area (Å²) >= 11 is 0. The average Bonchev–Trinajstić information content (AvgIpc) is 2.25. The van der Waals surface area contributed by atoms with E-state index in [0.29, 0.717) is 12.5 Å². The van der Waals surface area contributed by atoms with Crippen LogP contribution in [0.15, 0.2) is 11.8 Å². The molecule has 1 unspecified atom stereocenters. The molecular weight excluding hydrogens is 188 g/mol. The van der Waals surface area contributed by atoms with Crippen molar-refractivity contribution < 1.29 is 9.78 Å². The minimum absolute atomic E-state index is 0.569. The first-order chi connectivity index (χ1) is 7.24. The summed E-state index contributed by atoms with van der Waals surface area (Å²) in [5, 5.41) is 0. The maximum absolute atomic E-state index is 5.32. The summed E-state index contributed by atoms with van der Waals surface area (Å²) in [5.74, 6) is 1.56. The Kier molecular flexibility index (Phi) is 9.70. The minimum Gasteiger partial charge on any atom is -0.342 e. The molecule has 0 bridgehead atoms. The van der Waals surface area contributed by atoms with Gasteiger partial charge in [-0.2, -0.15) is 4.89 Å². The smallest absolute Gasteiger partial charge is 0.138 e. The molecule has 0 saturated heterocycles. The molecule has 2 nitrogen and oxygen atoms in total. The Morgan fingerprint density at radius 3 is 2.53 bits per heavy atom. The number of allylic oxidation sites excluding steroid dienone is 2. The van der Waals surface area contributed by atoms with Crippen LogP contribution < -0.4 is 0 Å². The van der Waals surface area contributed by atoms with E-state index in [1.807, 2.05) is 0 Å². The monoisotopic (exact) mass is 214 g/mol. The molecule has 0 aromatic carbocycles. The summed E-state index contributed by atoms with van der Waals surface area (Å²) in [6.45, 7) is 9.31. The van der Waals surface area contributed by atoms with Gasteiger partial charge in [0.25, 0.3) is 0 Å². The zero-order chi connectivity index (χ0) is 11.5. The Hall–Kier alpha value is -0.500. The first-order valence-corrected chi connectivity index (χ1v) is 6.23. The fraction of sp³-hybridized carbons (Fsp3) is 0.846. The van der Waals surface area contributed by atoms with Crippen LogP contribution in [0.2, 0.25) is 0 Å². The molecule has 0 aromatic heterocycles. The summed E-state index contributed by atoms with van der Waals surface area (Å²) in [6, 6.07) is 0. The van der Waals surface area contributed by atoms with Crippen LogP contribution in [-0.4, -0.2) is 6.61 Å². The zero-order valence-electron chi connectivity index (χ0n) is 10.7. The molecule has 0 fully saturated rings. The molecule has 0 aliphatic carbocycles. The first kappa shape index (κ1) is 14.5. The van der Waals surface area contributed by atoms with E-state index in [0.717, 1.165) is 25.0 Å². The lowest BCUT2D eigenvalue weighted by Gasteiger charge is -2.11. The van der Waals surface area contributed by atoms with Gasteiger partial charge in [0.2, 0.25) is 0 Å². The van der Waals surface area contributed by atoms with Crippen molar-refractivity contribution in [1.82, 2.24) is 0 Å². The molecule has 2 heteroatoms. The number of rotatable bonds is 9. The van der Waals surface area contributed by atoms with Crippen LogP contribution in [0.1, 0.15) is 59.8 Å². The summed E-state index contributed by atoms with van der Waals surface area (Å²) in [6.07, 6.45) is 7.59. The Morgan fingerprint density at radius 2 is 2.00 bits per heavy atom. The van der Waals surface area contributed by atoms with E-state index in [2.05, 4.69) is 33.8 Å². The van der Waals surface area contributed by atoms with Gasteiger partial charge in [0.05, 0.1) is 6.61 Å². The van der Waals surface area contributed by atoms with E-state index in [4.69, 9.17) is 9.78 Å². The van der Waals surface area contributed by atoms with Crippen molar-refractivity contribution in [3.8, 4) is 0 Å². The van der Waals surface area contributed by atoms with Crippen LogP contribution >= 0.6 is 0 Å². The number of hydrogen-bond donors (Lipinski definition) is 0. The average molecular weight is 214 g/mol. The number of unbranched alkanes of at least 4 members (excludes halogenated alkanes) is 1. The SMILES string of the molecule is CC/C=C(/CCCC)OOCC(C)CC. The van der Waals surface area contributed by atoms with Crippen molar-refractivity contribution in [3.05, 3.63) is 11.8 Å². The highest BCUT2D eigenvalue weighted by Gasteiger charge is 2.02. The van der Waals surface area contributed by atoms with Crippen molar-refractivity contribution in [2.45, 2.75) is 59.8 Å². The van der Waals surface area contributed by atoms with E-state index in [9.17, 15) is 0 Å². The van der Waals surface area contributed by atoms with Crippen molar-refractivity contribution in [2.75, 3.05) is 6.61 Å². The van der Waals surface area contributed by atoms with E-state index < -0.39 is 0 Å². The molecule has 0 aliphatic rings. The third-order valence-electron chi connectivity index (χ3n) is 2.42. The van der Waals surface area contributed by atoms with Crippen LogP contribution in [-0.2, 0) is 9.78 Å². The molecule has 15 heavy (non-hydrogen) atoms.